The summed E-state index contributed by atoms with van der Waals surface area (Å²) in [5.74, 6) is 0.291. The van der Waals surface area contributed by atoms with Gasteiger partial charge in [0, 0.05) is 25.4 Å². The molecular formula is C14H20N2O2. The first-order valence-electron chi connectivity index (χ1n) is 6.42. The molecule has 0 spiro atoms. The molecule has 0 saturated carbocycles. The SMILES string of the molecule is NCC(CC(=O)N1CCOCC1)c1ccccc1. The predicted molar refractivity (Wildman–Crippen MR) is 70.3 cm³/mol. The third-order valence-corrected chi connectivity index (χ3v) is 3.34. The molecule has 1 aliphatic rings. The van der Waals surface area contributed by atoms with Crippen molar-refractivity contribution in [3.8, 4) is 0 Å². The molecule has 4 nitrogen and oxygen atoms in total. The Kier molecular flexibility index (Phi) is 4.73. The molecule has 2 N–H and O–H groups in total. The van der Waals surface area contributed by atoms with Crippen LogP contribution in [0.25, 0.3) is 0 Å². The molecule has 1 aliphatic heterocycles. The fourth-order valence-electron chi connectivity index (χ4n) is 2.22. The largest absolute Gasteiger partial charge is 0.378 e. The highest BCUT2D eigenvalue weighted by Crippen LogP contribution is 2.19. The average Bonchev–Trinajstić information content (AvgIpc) is 2.46. The van der Waals surface area contributed by atoms with E-state index < -0.39 is 0 Å². The highest BCUT2D eigenvalue weighted by atomic mass is 16.5. The van der Waals surface area contributed by atoms with Gasteiger partial charge in [0.05, 0.1) is 13.2 Å². The summed E-state index contributed by atoms with van der Waals surface area (Å²) in [5, 5.41) is 0. The van der Waals surface area contributed by atoms with Gasteiger partial charge in [-0.25, -0.2) is 0 Å². The van der Waals surface area contributed by atoms with Gasteiger partial charge in [0.25, 0.3) is 0 Å². The molecule has 1 unspecified atom stereocenters. The first kappa shape index (κ1) is 13.1. The normalized spacial score (nSPS) is 17.5. The van der Waals surface area contributed by atoms with Gasteiger partial charge >= 0.3 is 0 Å². The van der Waals surface area contributed by atoms with Crippen LogP contribution in [-0.4, -0.2) is 43.7 Å². The van der Waals surface area contributed by atoms with Gasteiger partial charge in [-0.3, -0.25) is 4.79 Å². The molecule has 0 radical (unpaired) electrons. The van der Waals surface area contributed by atoms with Gasteiger partial charge in [0.15, 0.2) is 0 Å². The number of amides is 1. The van der Waals surface area contributed by atoms with Crippen molar-refractivity contribution < 1.29 is 9.53 Å². The molecule has 1 aromatic carbocycles. The number of carbonyl (C=O) groups excluding carboxylic acids is 1. The number of morpholine rings is 1. The van der Waals surface area contributed by atoms with E-state index in [1.165, 1.54) is 0 Å². The Morgan fingerprint density at radius 2 is 1.94 bits per heavy atom. The van der Waals surface area contributed by atoms with Gasteiger partial charge in [-0.15, -0.1) is 0 Å². The van der Waals surface area contributed by atoms with E-state index in [9.17, 15) is 4.79 Å². The standard InChI is InChI=1S/C14H20N2O2/c15-11-13(12-4-2-1-3-5-12)10-14(17)16-6-8-18-9-7-16/h1-5,13H,6-11,15H2. The van der Waals surface area contributed by atoms with Gasteiger partial charge in [-0.1, -0.05) is 30.3 Å². The monoisotopic (exact) mass is 248 g/mol. The summed E-state index contributed by atoms with van der Waals surface area (Å²) in [7, 11) is 0. The Morgan fingerprint density at radius 3 is 2.56 bits per heavy atom. The molecular weight excluding hydrogens is 228 g/mol. The lowest BCUT2D eigenvalue weighted by Gasteiger charge is -2.28. The van der Waals surface area contributed by atoms with Crippen LogP contribution in [0.4, 0.5) is 0 Å². The summed E-state index contributed by atoms with van der Waals surface area (Å²) in [5.41, 5.74) is 6.93. The molecule has 2 rings (SSSR count). The summed E-state index contributed by atoms with van der Waals surface area (Å²) in [4.78, 5) is 14.0. The molecule has 1 heterocycles. The molecule has 1 atom stereocenters. The zero-order valence-electron chi connectivity index (χ0n) is 10.5. The maximum absolute atomic E-state index is 12.2. The first-order chi connectivity index (χ1) is 8.81. The number of hydrogen-bond acceptors (Lipinski definition) is 3. The summed E-state index contributed by atoms with van der Waals surface area (Å²) in [6, 6.07) is 10.0. The van der Waals surface area contributed by atoms with Crippen LogP contribution in [0.5, 0.6) is 0 Å². The Hall–Kier alpha value is -1.39. The van der Waals surface area contributed by atoms with Crippen molar-refractivity contribution in [2.45, 2.75) is 12.3 Å². The minimum absolute atomic E-state index is 0.113. The highest BCUT2D eigenvalue weighted by Gasteiger charge is 2.21. The Bertz CT molecular complexity index is 375. The van der Waals surface area contributed by atoms with Crippen LogP contribution in [0.15, 0.2) is 30.3 Å². The second-order valence-corrected chi connectivity index (χ2v) is 4.54. The maximum atomic E-state index is 12.2. The second-order valence-electron chi connectivity index (χ2n) is 4.54. The molecule has 1 fully saturated rings. The Morgan fingerprint density at radius 1 is 1.28 bits per heavy atom. The number of benzene rings is 1. The number of ether oxygens (including phenoxy) is 1. The van der Waals surface area contributed by atoms with Crippen molar-refractivity contribution in [3.05, 3.63) is 35.9 Å². The van der Waals surface area contributed by atoms with E-state index in [4.69, 9.17) is 10.5 Å². The third kappa shape index (κ3) is 3.31. The van der Waals surface area contributed by atoms with Crippen LogP contribution in [0.2, 0.25) is 0 Å². The Balaban J connectivity index is 1.95. The van der Waals surface area contributed by atoms with Gasteiger partial charge in [-0.2, -0.15) is 0 Å². The van der Waals surface area contributed by atoms with E-state index in [1.54, 1.807) is 0 Å². The topological polar surface area (TPSA) is 55.6 Å². The van der Waals surface area contributed by atoms with Crippen LogP contribution in [0.3, 0.4) is 0 Å². The van der Waals surface area contributed by atoms with Gasteiger partial charge < -0.3 is 15.4 Å². The summed E-state index contributed by atoms with van der Waals surface area (Å²) in [6.45, 7) is 3.19. The molecule has 0 aliphatic carbocycles. The van der Waals surface area contributed by atoms with Crippen molar-refractivity contribution in [2.75, 3.05) is 32.8 Å². The zero-order valence-corrected chi connectivity index (χ0v) is 10.5. The van der Waals surface area contributed by atoms with E-state index in [2.05, 4.69) is 0 Å². The van der Waals surface area contributed by atoms with Crippen molar-refractivity contribution in [1.82, 2.24) is 4.90 Å². The van der Waals surface area contributed by atoms with E-state index >= 15 is 0 Å². The van der Waals surface area contributed by atoms with E-state index in [1.807, 2.05) is 35.2 Å². The predicted octanol–water partition coefficient (Wildman–Crippen LogP) is 0.978. The van der Waals surface area contributed by atoms with Crippen LogP contribution in [-0.2, 0) is 9.53 Å². The molecule has 98 valence electrons. The molecule has 0 bridgehead atoms. The Labute approximate surface area is 108 Å². The summed E-state index contributed by atoms with van der Waals surface area (Å²) in [6.07, 6.45) is 0.487. The third-order valence-electron chi connectivity index (χ3n) is 3.34. The van der Waals surface area contributed by atoms with E-state index in [-0.39, 0.29) is 11.8 Å². The number of hydrogen-bond donors (Lipinski definition) is 1. The van der Waals surface area contributed by atoms with Gasteiger partial charge in [0.2, 0.25) is 5.91 Å². The maximum Gasteiger partial charge on any atom is 0.223 e. The van der Waals surface area contributed by atoms with E-state index in [0.717, 1.165) is 5.56 Å². The van der Waals surface area contributed by atoms with Crippen molar-refractivity contribution in [1.29, 1.82) is 0 Å². The number of rotatable bonds is 4. The molecule has 18 heavy (non-hydrogen) atoms. The highest BCUT2D eigenvalue weighted by molar-refractivity contribution is 5.77. The van der Waals surface area contributed by atoms with E-state index in [0.29, 0.717) is 39.3 Å². The van der Waals surface area contributed by atoms with Crippen molar-refractivity contribution in [2.24, 2.45) is 5.73 Å². The average molecular weight is 248 g/mol. The molecule has 1 aromatic rings. The number of nitrogens with zero attached hydrogens (tertiary/aromatic N) is 1. The summed E-state index contributed by atoms with van der Waals surface area (Å²) >= 11 is 0. The fourth-order valence-corrected chi connectivity index (χ4v) is 2.22. The quantitative estimate of drug-likeness (QED) is 0.864. The van der Waals surface area contributed by atoms with Crippen molar-refractivity contribution in [3.63, 3.8) is 0 Å². The van der Waals surface area contributed by atoms with Crippen LogP contribution >= 0.6 is 0 Å². The minimum atomic E-state index is 0.113. The minimum Gasteiger partial charge on any atom is -0.378 e. The lowest BCUT2D eigenvalue weighted by Crippen LogP contribution is -2.41. The molecule has 1 saturated heterocycles. The van der Waals surface area contributed by atoms with Crippen LogP contribution in [0, 0.1) is 0 Å². The number of nitrogens with two attached hydrogens (primary N) is 1. The van der Waals surface area contributed by atoms with Crippen molar-refractivity contribution >= 4 is 5.91 Å². The summed E-state index contributed by atoms with van der Waals surface area (Å²) < 4.78 is 5.25. The zero-order chi connectivity index (χ0) is 12.8. The van der Waals surface area contributed by atoms with Crippen LogP contribution < -0.4 is 5.73 Å². The fraction of sp³-hybridized carbons (Fsp3) is 0.500. The smallest absolute Gasteiger partial charge is 0.223 e. The first-order valence-corrected chi connectivity index (χ1v) is 6.42. The molecule has 4 heteroatoms. The lowest BCUT2D eigenvalue weighted by atomic mass is 9.95. The number of carbonyl (C=O) groups is 1. The lowest BCUT2D eigenvalue weighted by molar-refractivity contribution is -0.135. The second kappa shape index (κ2) is 6.52. The molecule has 1 amide bonds. The molecule has 0 aromatic heterocycles. The van der Waals surface area contributed by atoms with Crippen LogP contribution in [0.1, 0.15) is 17.9 Å². The van der Waals surface area contributed by atoms with Gasteiger partial charge in [0.1, 0.15) is 0 Å². The van der Waals surface area contributed by atoms with Gasteiger partial charge in [-0.05, 0) is 12.1 Å².